The number of benzene rings is 2. The second-order valence-corrected chi connectivity index (χ2v) is 9.17. The fourth-order valence-electron chi connectivity index (χ4n) is 3.24. The number of aryl methyl sites for hydroxylation is 2. The summed E-state index contributed by atoms with van der Waals surface area (Å²) >= 11 is 0. The van der Waals surface area contributed by atoms with Crippen molar-refractivity contribution in [2.45, 2.75) is 18.7 Å². The first-order chi connectivity index (χ1) is 14.3. The summed E-state index contributed by atoms with van der Waals surface area (Å²) in [5.41, 5.74) is 1.85. The van der Waals surface area contributed by atoms with Gasteiger partial charge >= 0.3 is 6.03 Å². The number of amides is 2. The number of nitrogens with zero attached hydrogens (tertiary/aromatic N) is 2. The van der Waals surface area contributed by atoms with Gasteiger partial charge in [0.25, 0.3) is 0 Å². The smallest absolute Gasteiger partial charge is 0.317 e. The first-order valence-electron chi connectivity index (χ1n) is 9.79. The molecule has 0 saturated carbocycles. The van der Waals surface area contributed by atoms with Crippen molar-refractivity contribution in [3.63, 3.8) is 0 Å². The van der Waals surface area contributed by atoms with E-state index < -0.39 is 10.0 Å². The van der Waals surface area contributed by atoms with Crippen LogP contribution in [0.5, 0.6) is 11.5 Å². The highest BCUT2D eigenvalue weighted by atomic mass is 32.2. The Balaban J connectivity index is 1.47. The number of ether oxygens (including phenoxy) is 1. The van der Waals surface area contributed by atoms with Crippen LogP contribution in [0.3, 0.4) is 0 Å². The Labute approximate surface area is 177 Å². The molecule has 3 rings (SSSR count). The van der Waals surface area contributed by atoms with Crippen LogP contribution in [0, 0.1) is 13.8 Å². The molecule has 2 aromatic carbocycles. The van der Waals surface area contributed by atoms with Gasteiger partial charge in [-0.2, -0.15) is 4.31 Å². The lowest BCUT2D eigenvalue weighted by molar-refractivity contribution is 0.170. The van der Waals surface area contributed by atoms with E-state index in [1.165, 1.54) is 16.4 Å². The van der Waals surface area contributed by atoms with E-state index in [9.17, 15) is 18.3 Å². The predicted molar refractivity (Wildman–Crippen MR) is 113 cm³/mol. The number of aromatic hydroxyl groups is 1. The molecule has 30 heavy (non-hydrogen) atoms. The zero-order valence-electron chi connectivity index (χ0n) is 17.2. The minimum atomic E-state index is -3.81. The first kappa shape index (κ1) is 21.9. The normalized spacial score (nSPS) is 15.1. The fraction of sp³-hybridized carbons (Fsp3) is 0.381. The minimum Gasteiger partial charge on any atom is -0.507 e. The van der Waals surface area contributed by atoms with Crippen molar-refractivity contribution in [3.8, 4) is 11.5 Å². The fourth-order valence-corrected chi connectivity index (χ4v) is 4.83. The molecular weight excluding hydrogens is 406 g/mol. The Morgan fingerprint density at radius 3 is 2.47 bits per heavy atom. The maximum absolute atomic E-state index is 12.8. The summed E-state index contributed by atoms with van der Waals surface area (Å²) in [6, 6.07) is 11.9. The number of piperazine rings is 1. The zero-order chi connectivity index (χ0) is 21.7. The predicted octanol–water partition coefficient (Wildman–Crippen LogP) is 2.10. The third-order valence-corrected chi connectivity index (χ3v) is 6.82. The van der Waals surface area contributed by atoms with E-state index in [0.29, 0.717) is 13.2 Å². The quantitative estimate of drug-likeness (QED) is 0.680. The van der Waals surface area contributed by atoms with Gasteiger partial charge in [-0.15, -0.1) is 0 Å². The van der Waals surface area contributed by atoms with Crippen molar-refractivity contribution in [1.82, 2.24) is 14.5 Å². The molecule has 2 N–H and O–H groups in total. The summed E-state index contributed by atoms with van der Waals surface area (Å²) in [6.45, 7) is 5.33. The molecule has 0 atom stereocenters. The summed E-state index contributed by atoms with van der Waals surface area (Å²) in [5, 5.41) is 12.8. The lowest BCUT2D eigenvalue weighted by atomic mass is 10.2. The van der Waals surface area contributed by atoms with Crippen molar-refractivity contribution in [2.24, 2.45) is 0 Å². The summed E-state index contributed by atoms with van der Waals surface area (Å²) in [5.74, 6) is 0.483. The second-order valence-electron chi connectivity index (χ2n) is 7.26. The van der Waals surface area contributed by atoms with Gasteiger partial charge in [0.15, 0.2) is 0 Å². The molecule has 162 valence electrons. The number of phenols is 1. The Hall–Kier alpha value is -2.78. The van der Waals surface area contributed by atoms with Crippen LogP contribution >= 0.6 is 0 Å². The third-order valence-electron chi connectivity index (χ3n) is 4.90. The van der Waals surface area contributed by atoms with Crippen molar-refractivity contribution >= 4 is 16.1 Å². The summed E-state index contributed by atoms with van der Waals surface area (Å²) in [7, 11) is -3.81. The molecule has 0 aromatic heterocycles. The van der Waals surface area contributed by atoms with E-state index in [-0.39, 0.29) is 42.9 Å². The maximum atomic E-state index is 12.8. The number of hydrogen-bond acceptors (Lipinski definition) is 5. The summed E-state index contributed by atoms with van der Waals surface area (Å²) < 4.78 is 32.6. The molecule has 1 saturated heterocycles. The van der Waals surface area contributed by atoms with E-state index in [2.05, 4.69) is 5.32 Å². The number of carbonyl (C=O) groups excluding carboxylic acids is 1. The standard InChI is InChI=1S/C21H27N3O5S/c1-16-4-3-5-18(14-16)29-13-8-22-21(26)23-9-11-24(12-10-23)30(27,28)20-15-17(2)6-7-19(20)25/h3-7,14-15,25H,8-13H2,1-2H3,(H,22,26). The Morgan fingerprint density at radius 2 is 1.77 bits per heavy atom. The lowest BCUT2D eigenvalue weighted by Crippen LogP contribution is -2.53. The number of urea groups is 1. The summed E-state index contributed by atoms with van der Waals surface area (Å²) in [4.78, 5) is 13.8. The van der Waals surface area contributed by atoms with Crippen LogP contribution < -0.4 is 10.1 Å². The van der Waals surface area contributed by atoms with Gasteiger partial charge in [0.1, 0.15) is 23.0 Å². The highest BCUT2D eigenvalue weighted by molar-refractivity contribution is 7.89. The molecule has 1 aliphatic rings. The number of nitrogens with one attached hydrogen (secondary N) is 1. The van der Waals surface area contributed by atoms with E-state index in [0.717, 1.165) is 16.9 Å². The molecule has 2 aromatic rings. The highest BCUT2D eigenvalue weighted by Gasteiger charge is 2.31. The van der Waals surface area contributed by atoms with E-state index in [1.807, 2.05) is 31.2 Å². The van der Waals surface area contributed by atoms with Gasteiger partial charge < -0.3 is 20.1 Å². The number of phenolic OH excluding ortho intramolecular Hbond substituents is 1. The molecule has 1 fully saturated rings. The molecule has 1 heterocycles. The van der Waals surface area contributed by atoms with Gasteiger partial charge in [0.05, 0.1) is 6.54 Å². The topological polar surface area (TPSA) is 99.2 Å². The summed E-state index contributed by atoms with van der Waals surface area (Å²) in [6.07, 6.45) is 0. The van der Waals surface area contributed by atoms with Crippen LogP contribution in [0.15, 0.2) is 47.4 Å². The molecule has 8 nitrogen and oxygen atoms in total. The van der Waals surface area contributed by atoms with Gasteiger partial charge in [0.2, 0.25) is 10.0 Å². The average molecular weight is 434 g/mol. The average Bonchev–Trinajstić information content (AvgIpc) is 2.73. The third kappa shape index (κ3) is 5.22. The monoisotopic (exact) mass is 433 g/mol. The number of carbonyl (C=O) groups is 1. The van der Waals surface area contributed by atoms with Crippen molar-refractivity contribution in [2.75, 3.05) is 39.3 Å². The van der Waals surface area contributed by atoms with Gasteiger partial charge in [-0.05, 0) is 49.2 Å². The van der Waals surface area contributed by atoms with Crippen molar-refractivity contribution in [1.29, 1.82) is 0 Å². The molecule has 0 unspecified atom stereocenters. The molecule has 0 spiro atoms. The van der Waals surface area contributed by atoms with Crippen LogP contribution in [-0.4, -0.2) is 68.1 Å². The molecule has 0 radical (unpaired) electrons. The Kier molecular flexibility index (Phi) is 6.84. The number of rotatable bonds is 6. The van der Waals surface area contributed by atoms with E-state index in [1.54, 1.807) is 17.9 Å². The molecule has 9 heteroatoms. The second kappa shape index (κ2) is 9.36. The Bertz CT molecular complexity index is 1000. The van der Waals surface area contributed by atoms with Crippen LogP contribution in [0.1, 0.15) is 11.1 Å². The Morgan fingerprint density at radius 1 is 1.07 bits per heavy atom. The van der Waals surface area contributed by atoms with Crippen LogP contribution in [0.2, 0.25) is 0 Å². The van der Waals surface area contributed by atoms with Gasteiger partial charge in [-0.3, -0.25) is 0 Å². The van der Waals surface area contributed by atoms with Gasteiger partial charge in [-0.1, -0.05) is 18.2 Å². The van der Waals surface area contributed by atoms with Crippen LogP contribution in [-0.2, 0) is 10.0 Å². The highest BCUT2D eigenvalue weighted by Crippen LogP contribution is 2.27. The molecule has 1 aliphatic heterocycles. The van der Waals surface area contributed by atoms with Crippen molar-refractivity contribution < 1.29 is 23.1 Å². The van der Waals surface area contributed by atoms with Gasteiger partial charge in [0, 0.05) is 26.2 Å². The van der Waals surface area contributed by atoms with Crippen LogP contribution in [0.4, 0.5) is 4.79 Å². The zero-order valence-corrected chi connectivity index (χ0v) is 18.0. The molecule has 2 amide bonds. The maximum Gasteiger partial charge on any atom is 0.317 e. The molecule has 0 bridgehead atoms. The SMILES string of the molecule is Cc1cccc(OCCNC(=O)N2CCN(S(=O)(=O)c3cc(C)ccc3O)CC2)c1. The lowest BCUT2D eigenvalue weighted by Gasteiger charge is -2.34. The minimum absolute atomic E-state index is 0.103. The van der Waals surface area contributed by atoms with E-state index >= 15 is 0 Å². The number of hydrogen-bond donors (Lipinski definition) is 2. The van der Waals surface area contributed by atoms with E-state index in [4.69, 9.17) is 4.74 Å². The molecule has 0 aliphatic carbocycles. The first-order valence-corrected chi connectivity index (χ1v) is 11.2. The van der Waals surface area contributed by atoms with Gasteiger partial charge in [-0.25, -0.2) is 13.2 Å². The van der Waals surface area contributed by atoms with Crippen LogP contribution in [0.25, 0.3) is 0 Å². The largest absolute Gasteiger partial charge is 0.507 e. The molecular formula is C21H27N3O5S. The van der Waals surface area contributed by atoms with Crippen molar-refractivity contribution in [3.05, 3.63) is 53.6 Å². The number of sulfonamides is 1.